The summed E-state index contributed by atoms with van der Waals surface area (Å²) >= 11 is 5.85. The largest absolute Gasteiger partial charge is 0.370 e. The maximum absolute atomic E-state index is 13.3. The number of rotatable bonds is 4. The molecule has 1 unspecified atom stereocenters. The Morgan fingerprint density at radius 1 is 1.48 bits per heavy atom. The van der Waals surface area contributed by atoms with E-state index in [2.05, 4.69) is 20.3 Å². The average molecular weight is 508 g/mol. The van der Waals surface area contributed by atoms with Crippen molar-refractivity contribution in [3.8, 4) is 0 Å². The molecule has 0 spiro atoms. The van der Waals surface area contributed by atoms with E-state index in [-0.39, 0.29) is 35.1 Å². The number of nitrogens with zero attached hydrogens (tertiary/aromatic N) is 4. The van der Waals surface area contributed by atoms with Crippen molar-refractivity contribution in [3.63, 3.8) is 0 Å². The van der Waals surface area contributed by atoms with Crippen molar-refractivity contribution in [2.45, 2.75) is 19.6 Å². The molecular formula is C18H24ClFIN5O. The van der Waals surface area contributed by atoms with Crippen molar-refractivity contribution in [2.75, 3.05) is 26.2 Å². The lowest BCUT2D eigenvalue weighted by Crippen LogP contribution is -2.48. The predicted molar refractivity (Wildman–Crippen MR) is 115 cm³/mol. The maximum atomic E-state index is 13.3. The number of aliphatic imine (C=N–C) groups is 1. The summed E-state index contributed by atoms with van der Waals surface area (Å²) in [6, 6.07) is 4.68. The van der Waals surface area contributed by atoms with Gasteiger partial charge in [-0.25, -0.2) is 9.38 Å². The highest BCUT2D eigenvalue weighted by Crippen LogP contribution is 2.22. The highest BCUT2D eigenvalue weighted by Gasteiger charge is 2.25. The number of nitrogens with one attached hydrogen (secondary N) is 1. The van der Waals surface area contributed by atoms with E-state index in [4.69, 9.17) is 16.3 Å². The van der Waals surface area contributed by atoms with Crippen LogP contribution in [0, 0.1) is 5.82 Å². The summed E-state index contributed by atoms with van der Waals surface area (Å²) < 4.78 is 21.0. The van der Waals surface area contributed by atoms with E-state index in [1.807, 2.05) is 26.4 Å². The normalized spacial score (nSPS) is 17.6. The summed E-state index contributed by atoms with van der Waals surface area (Å²) in [5, 5.41) is 7.65. The third-order valence-electron chi connectivity index (χ3n) is 4.19. The van der Waals surface area contributed by atoms with Gasteiger partial charge in [0.1, 0.15) is 11.9 Å². The number of morpholine rings is 1. The molecule has 0 bridgehead atoms. The van der Waals surface area contributed by atoms with E-state index in [0.29, 0.717) is 19.7 Å². The zero-order valence-electron chi connectivity index (χ0n) is 15.4. The zero-order chi connectivity index (χ0) is 18.5. The first kappa shape index (κ1) is 21.9. The van der Waals surface area contributed by atoms with Gasteiger partial charge in [0, 0.05) is 31.9 Å². The Kier molecular flexibility index (Phi) is 8.30. The molecule has 1 N–H and O–H groups in total. The molecule has 0 radical (unpaired) electrons. The van der Waals surface area contributed by atoms with Crippen LogP contribution in [0.3, 0.4) is 0 Å². The second kappa shape index (κ2) is 10.2. The number of ether oxygens (including phenoxy) is 1. The minimum absolute atomic E-state index is 0. The molecule has 1 fully saturated rings. The first-order valence-electron chi connectivity index (χ1n) is 8.64. The van der Waals surface area contributed by atoms with E-state index < -0.39 is 5.82 Å². The van der Waals surface area contributed by atoms with Crippen LogP contribution in [0.2, 0.25) is 5.02 Å². The second-order valence-corrected chi connectivity index (χ2v) is 6.58. The first-order valence-corrected chi connectivity index (χ1v) is 9.02. The Morgan fingerprint density at radius 3 is 2.96 bits per heavy atom. The van der Waals surface area contributed by atoms with Crippen molar-refractivity contribution in [1.29, 1.82) is 0 Å². The topological polar surface area (TPSA) is 54.7 Å². The van der Waals surface area contributed by atoms with Crippen LogP contribution in [0.1, 0.15) is 24.2 Å². The van der Waals surface area contributed by atoms with E-state index in [1.165, 1.54) is 6.07 Å². The highest BCUT2D eigenvalue weighted by atomic mass is 127. The van der Waals surface area contributed by atoms with Crippen molar-refractivity contribution >= 4 is 41.5 Å². The quantitative estimate of drug-likeness (QED) is 0.392. The summed E-state index contributed by atoms with van der Waals surface area (Å²) in [5.74, 6) is 0.393. The Hall–Kier alpha value is -1.39. The SMILES string of the molecule is CCNC(=NCc1ccc(F)c(Cl)c1)N1CCOC(c2cnn(C)c2)C1.I. The second-order valence-electron chi connectivity index (χ2n) is 6.17. The molecule has 148 valence electrons. The van der Waals surface area contributed by atoms with E-state index >= 15 is 0 Å². The van der Waals surface area contributed by atoms with Crippen molar-refractivity contribution < 1.29 is 9.13 Å². The van der Waals surface area contributed by atoms with Gasteiger partial charge in [-0.05, 0) is 24.6 Å². The molecule has 1 saturated heterocycles. The van der Waals surface area contributed by atoms with Gasteiger partial charge in [-0.1, -0.05) is 17.7 Å². The highest BCUT2D eigenvalue weighted by molar-refractivity contribution is 14.0. The monoisotopic (exact) mass is 507 g/mol. The van der Waals surface area contributed by atoms with E-state index in [0.717, 1.165) is 30.2 Å². The Labute approximate surface area is 180 Å². The zero-order valence-corrected chi connectivity index (χ0v) is 18.4. The van der Waals surface area contributed by atoms with Crippen LogP contribution in [0.25, 0.3) is 0 Å². The Morgan fingerprint density at radius 2 is 2.30 bits per heavy atom. The summed E-state index contributed by atoms with van der Waals surface area (Å²) in [4.78, 5) is 6.86. The number of benzene rings is 1. The van der Waals surface area contributed by atoms with Gasteiger partial charge in [0.25, 0.3) is 0 Å². The number of halogens is 3. The summed E-state index contributed by atoms with van der Waals surface area (Å²) in [6.45, 7) is 5.29. The van der Waals surface area contributed by atoms with Crippen LogP contribution in [-0.4, -0.2) is 46.9 Å². The number of aromatic nitrogens is 2. The molecule has 2 aromatic rings. The third-order valence-corrected chi connectivity index (χ3v) is 4.48. The summed E-state index contributed by atoms with van der Waals surface area (Å²) in [6.07, 6.45) is 3.76. The molecule has 1 aliphatic rings. The van der Waals surface area contributed by atoms with Crippen molar-refractivity contribution in [1.82, 2.24) is 20.0 Å². The third kappa shape index (κ3) is 5.79. The Bertz CT molecular complexity index is 785. The van der Waals surface area contributed by atoms with Crippen molar-refractivity contribution in [3.05, 3.63) is 52.6 Å². The van der Waals surface area contributed by atoms with Gasteiger partial charge >= 0.3 is 0 Å². The smallest absolute Gasteiger partial charge is 0.194 e. The number of aryl methyl sites for hydroxylation is 1. The first-order chi connectivity index (χ1) is 12.6. The standard InChI is InChI=1S/C18H23ClFN5O.HI/c1-3-21-18(22-9-13-4-5-16(20)15(19)8-13)25-6-7-26-17(12-25)14-10-23-24(2)11-14;/h4-5,8,10-11,17H,3,6-7,9,12H2,1-2H3,(H,21,22);1H. The van der Waals surface area contributed by atoms with Crippen LogP contribution in [0.4, 0.5) is 4.39 Å². The van der Waals surface area contributed by atoms with Gasteiger partial charge in [-0.3, -0.25) is 4.68 Å². The molecule has 1 aromatic carbocycles. The number of guanidine groups is 1. The molecule has 1 atom stereocenters. The average Bonchev–Trinajstić information content (AvgIpc) is 3.08. The minimum Gasteiger partial charge on any atom is -0.370 e. The van der Waals surface area contributed by atoms with Crippen molar-refractivity contribution in [2.24, 2.45) is 12.0 Å². The van der Waals surface area contributed by atoms with E-state index in [1.54, 1.807) is 16.8 Å². The Balaban J connectivity index is 0.00000261. The van der Waals surface area contributed by atoms with Gasteiger partial charge in [-0.2, -0.15) is 5.10 Å². The fraction of sp³-hybridized carbons (Fsp3) is 0.444. The number of hydrogen-bond acceptors (Lipinski definition) is 3. The van der Waals surface area contributed by atoms with E-state index in [9.17, 15) is 4.39 Å². The molecule has 3 rings (SSSR count). The van der Waals surface area contributed by atoms with Crippen LogP contribution in [0.5, 0.6) is 0 Å². The lowest BCUT2D eigenvalue weighted by Gasteiger charge is -2.34. The summed E-state index contributed by atoms with van der Waals surface area (Å²) in [7, 11) is 1.89. The minimum atomic E-state index is -0.418. The molecule has 6 nitrogen and oxygen atoms in total. The maximum Gasteiger partial charge on any atom is 0.194 e. The molecule has 0 amide bonds. The molecule has 0 saturated carbocycles. The molecule has 1 aliphatic heterocycles. The predicted octanol–water partition coefficient (Wildman–Crippen LogP) is 3.37. The van der Waals surface area contributed by atoms with Gasteiger partial charge < -0.3 is 15.0 Å². The lowest BCUT2D eigenvalue weighted by molar-refractivity contribution is -0.00805. The fourth-order valence-corrected chi connectivity index (χ4v) is 3.08. The van der Waals surface area contributed by atoms with Crippen LogP contribution in [-0.2, 0) is 18.3 Å². The molecular weight excluding hydrogens is 484 g/mol. The van der Waals surface area contributed by atoms with Crippen LogP contribution in [0.15, 0.2) is 35.6 Å². The molecule has 0 aliphatic carbocycles. The van der Waals surface area contributed by atoms with Crippen LogP contribution >= 0.6 is 35.6 Å². The number of hydrogen-bond donors (Lipinski definition) is 1. The summed E-state index contributed by atoms with van der Waals surface area (Å²) in [5.41, 5.74) is 1.92. The van der Waals surface area contributed by atoms with Gasteiger partial charge in [0.05, 0.1) is 30.9 Å². The van der Waals surface area contributed by atoms with Gasteiger partial charge in [0.2, 0.25) is 0 Å². The lowest BCUT2D eigenvalue weighted by atomic mass is 10.1. The molecule has 27 heavy (non-hydrogen) atoms. The van der Waals surface area contributed by atoms with Crippen LogP contribution < -0.4 is 5.32 Å². The molecule has 1 aromatic heterocycles. The fourth-order valence-electron chi connectivity index (χ4n) is 2.88. The van der Waals surface area contributed by atoms with Gasteiger partial charge in [-0.15, -0.1) is 24.0 Å². The molecule has 2 heterocycles. The molecule has 9 heteroatoms. The van der Waals surface area contributed by atoms with Gasteiger partial charge in [0.15, 0.2) is 5.96 Å².